The van der Waals surface area contributed by atoms with Crippen LogP contribution in [-0.4, -0.2) is 184 Å². The molecule has 2 fully saturated rings. The number of pyridine rings is 2. The summed E-state index contributed by atoms with van der Waals surface area (Å²) in [6.45, 7) is 10.4. The molecule has 0 saturated carbocycles. The van der Waals surface area contributed by atoms with Gasteiger partial charge in [-0.1, -0.05) is 11.6 Å². The lowest BCUT2D eigenvalue weighted by Crippen LogP contribution is -2.47. The Hall–Kier alpha value is -6.71. The highest BCUT2D eigenvalue weighted by molar-refractivity contribution is 6.34. The minimum absolute atomic E-state index is 0.201. The van der Waals surface area contributed by atoms with E-state index in [1.165, 1.54) is 18.9 Å². The van der Waals surface area contributed by atoms with Gasteiger partial charge in [0.2, 0.25) is 5.88 Å². The molecule has 2 saturated heterocycles. The molecule has 69 heavy (non-hydrogen) atoms. The number of aromatic hydroxyl groups is 1. The fourth-order valence-electron chi connectivity index (χ4n) is 8.00. The Morgan fingerprint density at radius 3 is 1.62 bits per heavy atom. The van der Waals surface area contributed by atoms with Gasteiger partial charge in [0.1, 0.15) is 67.2 Å². The summed E-state index contributed by atoms with van der Waals surface area (Å²) in [5.74, 6) is 3.64. The number of halogens is 3. The van der Waals surface area contributed by atoms with Crippen molar-refractivity contribution in [3.63, 3.8) is 0 Å². The second kappa shape index (κ2) is 24.0. The first-order chi connectivity index (χ1) is 33.8. The van der Waals surface area contributed by atoms with Crippen molar-refractivity contribution in [2.24, 2.45) is 0 Å². The Bertz CT molecular complexity index is 2900. The molecule has 8 heterocycles. The lowest BCUT2D eigenvalue weighted by molar-refractivity contribution is 0.111. The third-order valence-electron chi connectivity index (χ3n) is 11.8. The van der Waals surface area contributed by atoms with E-state index in [4.69, 9.17) is 40.4 Å². The number of benzene rings is 2. The molecule has 0 amide bonds. The number of nitrogens with one attached hydrogen (secondary N) is 2. The smallest absolute Gasteiger partial charge is 0.230 e. The molecule has 2 aliphatic rings. The van der Waals surface area contributed by atoms with Gasteiger partial charge in [-0.2, -0.15) is 0 Å². The minimum atomic E-state index is -0.291. The number of aromatic nitrogens is 8. The molecule has 0 bridgehead atoms. The zero-order valence-corrected chi connectivity index (χ0v) is 39.2. The van der Waals surface area contributed by atoms with Gasteiger partial charge in [0.05, 0.1) is 43.0 Å². The number of alkyl halides is 2. The SMILES string of the molecule is COc1cc2c(Cl)ncnc2cc1OCCN1CCN(CCF)CC1.COc1cc2c(Oc3cnc4[nH]ccc4c3)ncnc2cc1OCCN1CCN(CCF)CC1.Oc1cnc2[nH]ccc2c1. The summed E-state index contributed by atoms with van der Waals surface area (Å²) >= 11 is 6.10. The topological polar surface area (TPSA) is 188 Å². The number of fused-ring (bicyclic) bond motifs is 4. The number of piperazine rings is 2. The summed E-state index contributed by atoms with van der Waals surface area (Å²) < 4.78 is 53.9. The molecule has 6 aromatic heterocycles. The molecule has 2 aliphatic heterocycles. The fourth-order valence-corrected chi connectivity index (χ4v) is 8.19. The van der Waals surface area contributed by atoms with Gasteiger partial charge in [0, 0.05) is 119 Å². The van der Waals surface area contributed by atoms with Crippen LogP contribution < -0.4 is 23.7 Å². The molecule has 2 aromatic carbocycles. The van der Waals surface area contributed by atoms with Gasteiger partial charge in [0.25, 0.3) is 0 Å². The highest BCUT2D eigenvalue weighted by Crippen LogP contribution is 2.37. The number of H-pyrrole nitrogens is 2. The van der Waals surface area contributed by atoms with E-state index < -0.39 is 0 Å². The number of methoxy groups -OCH3 is 2. The van der Waals surface area contributed by atoms with Crippen molar-refractivity contribution in [2.75, 3.05) is 119 Å². The molecule has 21 heteroatoms. The summed E-state index contributed by atoms with van der Waals surface area (Å²) in [5, 5.41) is 12.7. The molecule has 0 unspecified atom stereocenters. The minimum Gasteiger partial charge on any atom is -0.506 e. The van der Waals surface area contributed by atoms with E-state index in [0.717, 1.165) is 98.4 Å². The zero-order valence-electron chi connectivity index (χ0n) is 38.5. The molecule has 0 atom stereocenters. The van der Waals surface area contributed by atoms with Crippen LogP contribution in [0.4, 0.5) is 8.78 Å². The molecule has 3 N–H and O–H groups in total. The first kappa shape index (κ1) is 48.7. The van der Waals surface area contributed by atoms with E-state index >= 15 is 0 Å². The summed E-state index contributed by atoms with van der Waals surface area (Å²) in [6, 6.07) is 14.7. The molecule has 364 valence electrons. The maximum absolute atomic E-state index is 12.5. The predicted octanol–water partition coefficient (Wildman–Crippen LogP) is 6.80. The predicted molar refractivity (Wildman–Crippen MR) is 260 cm³/mol. The van der Waals surface area contributed by atoms with Gasteiger partial charge in [-0.3, -0.25) is 19.6 Å². The molecular weight excluding hydrogens is 914 g/mol. The molecule has 18 nitrogen and oxygen atoms in total. The van der Waals surface area contributed by atoms with Crippen molar-refractivity contribution in [1.82, 2.24) is 59.5 Å². The van der Waals surface area contributed by atoms with Gasteiger partial charge >= 0.3 is 0 Å². The van der Waals surface area contributed by atoms with Gasteiger partial charge < -0.3 is 38.8 Å². The van der Waals surface area contributed by atoms with Crippen LogP contribution in [0.1, 0.15) is 0 Å². The van der Waals surface area contributed by atoms with Crippen LogP contribution in [0.5, 0.6) is 40.4 Å². The largest absolute Gasteiger partial charge is 0.506 e. The van der Waals surface area contributed by atoms with Gasteiger partial charge in [0.15, 0.2) is 23.0 Å². The van der Waals surface area contributed by atoms with Crippen LogP contribution in [-0.2, 0) is 0 Å². The van der Waals surface area contributed by atoms with Crippen molar-refractivity contribution < 1.29 is 37.6 Å². The van der Waals surface area contributed by atoms with Crippen LogP contribution in [0.3, 0.4) is 0 Å². The van der Waals surface area contributed by atoms with Gasteiger partial charge in [-0.25, -0.2) is 38.7 Å². The van der Waals surface area contributed by atoms with Crippen LogP contribution in [0.2, 0.25) is 5.15 Å². The van der Waals surface area contributed by atoms with Crippen LogP contribution in [0, 0.1) is 0 Å². The summed E-state index contributed by atoms with van der Waals surface area (Å²) in [5.41, 5.74) is 3.01. The Morgan fingerprint density at radius 1 is 0.580 bits per heavy atom. The monoisotopic (exact) mass is 968 g/mol. The summed E-state index contributed by atoms with van der Waals surface area (Å²) in [4.78, 5) is 40.1. The lowest BCUT2D eigenvalue weighted by Gasteiger charge is -2.34. The van der Waals surface area contributed by atoms with Crippen molar-refractivity contribution >= 4 is 55.5 Å². The number of ether oxygens (including phenoxy) is 5. The molecule has 8 aromatic rings. The second-order valence-electron chi connectivity index (χ2n) is 16.1. The van der Waals surface area contributed by atoms with Gasteiger partial charge in [-0.05, 0) is 36.4 Å². The summed E-state index contributed by atoms with van der Waals surface area (Å²) in [6.07, 6.45) is 9.58. The normalized spacial score (nSPS) is 14.9. The van der Waals surface area contributed by atoms with Crippen molar-refractivity contribution in [1.29, 1.82) is 0 Å². The van der Waals surface area contributed by atoms with Crippen molar-refractivity contribution in [3.05, 3.63) is 91.1 Å². The Kier molecular flexibility index (Phi) is 17.0. The van der Waals surface area contributed by atoms with E-state index in [1.54, 1.807) is 38.7 Å². The fraction of sp³-hybridized carbons (Fsp3) is 0.375. The van der Waals surface area contributed by atoms with E-state index in [0.29, 0.717) is 77.0 Å². The Balaban J connectivity index is 0.000000159. The van der Waals surface area contributed by atoms with E-state index in [2.05, 4.69) is 59.5 Å². The highest BCUT2D eigenvalue weighted by Gasteiger charge is 2.19. The number of nitrogens with zero attached hydrogens (tertiary/aromatic N) is 10. The third kappa shape index (κ3) is 12.9. The van der Waals surface area contributed by atoms with E-state index in [-0.39, 0.29) is 19.1 Å². The van der Waals surface area contributed by atoms with Gasteiger partial charge in [-0.15, -0.1) is 0 Å². The summed E-state index contributed by atoms with van der Waals surface area (Å²) in [7, 11) is 3.20. The maximum Gasteiger partial charge on any atom is 0.230 e. The number of hydrogen-bond donors (Lipinski definition) is 3. The molecule has 0 radical (unpaired) electrons. The van der Waals surface area contributed by atoms with Crippen LogP contribution >= 0.6 is 11.6 Å². The lowest BCUT2D eigenvalue weighted by atomic mass is 10.2. The number of hydrogen-bond acceptors (Lipinski definition) is 16. The van der Waals surface area contributed by atoms with E-state index in [1.807, 2.05) is 42.6 Å². The first-order valence-electron chi connectivity index (χ1n) is 22.6. The van der Waals surface area contributed by atoms with Crippen molar-refractivity contribution in [3.8, 4) is 40.4 Å². The zero-order chi connectivity index (χ0) is 48.0. The second-order valence-corrected chi connectivity index (χ2v) is 16.5. The highest BCUT2D eigenvalue weighted by atomic mass is 35.5. The number of rotatable bonds is 16. The standard InChI is InChI=1S/C24H27FN6O3.C17H22ClFN4O2.C7H6N2O/c1-32-21-13-19-20(14-22(21)33-11-10-31-8-6-30(5-3-25)7-9-31)28-16-29-24(19)34-18-12-17-2-4-26-23(17)27-15-18;1-24-15-10-13-14(20-12-21-17(13)18)11-16(15)25-9-8-23-6-4-22(3-2-19)5-7-23;10-6-3-5-1-2-8-7(5)9-4-6/h2,4,12-16H,3,5-11H2,1H3,(H,26,27);10-12H,2-9H2,1H3;1-4,10H,(H,8,9). The number of aromatic amines is 2. The average Bonchev–Trinajstić information content (AvgIpc) is 4.05. The van der Waals surface area contributed by atoms with Crippen LogP contribution in [0.15, 0.2) is 86.0 Å². The first-order valence-corrected chi connectivity index (χ1v) is 23.0. The molecule has 0 aliphatic carbocycles. The Labute approximate surface area is 402 Å². The quantitative estimate of drug-likeness (QED) is 0.0858. The maximum atomic E-state index is 12.5. The van der Waals surface area contributed by atoms with Crippen molar-refractivity contribution in [2.45, 2.75) is 0 Å². The molecule has 10 rings (SSSR count). The average molecular weight is 969 g/mol. The van der Waals surface area contributed by atoms with E-state index in [9.17, 15) is 8.78 Å². The Morgan fingerprint density at radius 2 is 1.07 bits per heavy atom. The molecular formula is C48H55ClF2N12O6. The third-order valence-corrected chi connectivity index (χ3v) is 12.1. The molecule has 0 spiro atoms. The van der Waals surface area contributed by atoms with Crippen LogP contribution in [0.25, 0.3) is 43.9 Å².